The Kier molecular flexibility index (Phi) is 7.46. The topological polar surface area (TPSA) is 88.2 Å². The summed E-state index contributed by atoms with van der Waals surface area (Å²) < 4.78 is 20.3. The number of pyridine rings is 2. The average molecular weight is 476 g/mol. The van der Waals surface area contributed by atoms with Gasteiger partial charge >= 0.3 is 0 Å². The van der Waals surface area contributed by atoms with Gasteiger partial charge in [0.2, 0.25) is 5.91 Å². The number of carbonyl (C=O) groups excluding carboxylic acids is 1. The standard InChI is InChI=1S/C24H31ClFN5O2/c1-24(2)11-15(7-9-33-24)12-29-22-19(26)5-6-20(30-22)17-10-21(28-14-18(17)25)31-23(32)16-4-3-8-27-13-16/h5-6,10,14-16,27H,3-4,7-9,11-13H2,1-2H3,(H,29,30)(H,28,31,32)/t15-,16-/m1/s1. The average Bonchev–Trinajstić information content (AvgIpc) is 2.80. The lowest BCUT2D eigenvalue weighted by molar-refractivity contribution is -0.120. The number of amides is 1. The lowest BCUT2D eigenvalue weighted by Gasteiger charge is -2.35. The third-order valence-electron chi connectivity index (χ3n) is 6.25. The summed E-state index contributed by atoms with van der Waals surface area (Å²) >= 11 is 6.39. The van der Waals surface area contributed by atoms with E-state index in [1.807, 2.05) is 0 Å². The van der Waals surface area contributed by atoms with Gasteiger partial charge in [0.15, 0.2) is 11.6 Å². The Morgan fingerprint density at radius 3 is 2.97 bits per heavy atom. The predicted molar refractivity (Wildman–Crippen MR) is 128 cm³/mol. The first-order valence-electron chi connectivity index (χ1n) is 11.5. The molecule has 0 radical (unpaired) electrons. The molecule has 2 aromatic heterocycles. The van der Waals surface area contributed by atoms with Gasteiger partial charge in [-0.15, -0.1) is 0 Å². The largest absolute Gasteiger partial charge is 0.376 e. The third kappa shape index (κ3) is 6.19. The molecule has 2 fully saturated rings. The highest BCUT2D eigenvalue weighted by atomic mass is 35.5. The molecular formula is C24H31ClFN5O2. The van der Waals surface area contributed by atoms with Crippen molar-refractivity contribution in [2.75, 3.05) is 36.9 Å². The van der Waals surface area contributed by atoms with Gasteiger partial charge in [0.1, 0.15) is 5.82 Å². The van der Waals surface area contributed by atoms with Crippen LogP contribution in [-0.4, -0.2) is 47.7 Å². The van der Waals surface area contributed by atoms with Crippen molar-refractivity contribution in [3.8, 4) is 11.3 Å². The van der Waals surface area contributed by atoms with Crippen molar-refractivity contribution in [3.05, 3.63) is 35.2 Å². The number of hydrogen-bond acceptors (Lipinski definition) is 6. The fourth-order valence-electron chi connectivity index (χ4n) is 4.50. The number of nitrogens with zero attached hydrogens (tertiary/aromatic N) is 2. The molecule has 3 N–H and O–H groups in total. The van der Waals surface area contributed by atoms with Crippen LogP contribution in [0.25, 0.3) is 11.3 Å². The molecule has 33 heavy (non-hydrogen) atoms. The van der Waals surface area contributed by atoms with Crippen molar-refractivity contribution in [1.29, 1.82) is 0 Å². The molecule has 7 nitrogen and oxygen atoms in total. The molecule has 9 heteroatoms. The Hall–Kier alpha value is -2.29. The second kappa shape index (κ2) is 10.3. The zero-order valence-electron chi connectivity index (χ0n) is 19.1. The summed E-state index contributed by atoms with van der Waals surface area (Å²) in [7, 11) is 0. The van der Waals surface area contributed by atoms with E-state index in [0.717, 1.165) is 32.2 Å². The SMILES string of the molecule is CC1(C)C[C@H](CNc2nc(-c3cc(NC(=O)[C@@H]4CCCNC4)ncc3Cl)ccc2F)CCO1. The maximum Gasteiger partial charge on any atom is 0.229 e. The van der Waals surface area contributed by atoms with Gasteiger partial charge in [-0.3, -0.25) is 4.79 Å². The molecule has 0 saturated carbocycles. The Bertz CT molecular complexity index is 997. The highest BCUT2D eigenvalue weighted by Crippen LogP contribution is 2.31. The summed E-state index contributed by atoms with van der Waals surface area (Å²) in [5.41, 5.74) is 0.921. The number of hydrogen-bond donors (Lipinski definition) is 3. The molecule has 0 aromatic carbocycles. The third-order valence-corrected chi connectivity index (χ3v) is 6.55. The van der Waals surface area contributed by atoms with E-state index in [1.54, 1.807) is 12.1 Å². The van der Waals surface area contributed by atoms with Crippen LogP contribution in [0.15, 0.2) is 24.4 Å². The smallest absolute Gasteiger partial charge is 0.229 e. The van der Waals surface area contributed by atoms with E-state index in [1.165, 1.54) is 12.3 Å². The number of ether oxygens (including phenoxy) is 1. The number of anilines is 2. The second-order valence-electron chi connectivity index (χ2n) is 9.46. The number of rotatable bonds is 6. The van der Waals surface area contributed by atoms with Crippen LogP contribution in [0.3, 0.4) is 0 Å². The van der Waals surface area contributed by atoms with E-state index in [4.69, 9.17) is 16.3 Å². The summed E-state index contributed by atoms with van der Waals surface area (Å²) in [5, 5.41) is 9.65. The zero-order chi connectivity index (χ0) is 23.4. The van der Waals surface area contributed by atoms with Gasteiger partial charge in [-0.1, -0.05) is 11.6 Å². The summed E-state index contributed by atoms with van der Waals surface area (Å²) in [6.45, 7) is 7.06. The number of piperidine rings is 1. The monoisotopic (exact) mass is 475 g/mol. The lowest BCUT2D eigenvalue weighted by Crippen LogP contribution is -2.37. The Morgan fingerprint density at radius 2 is 2.21 bits per heavy atom. The van der Waals surface area contributed by atoms with Gasteiger partial charge in [0.05, 0.1) is 22.2 Å². The van der Waals surface area contributed by atoms with Crippen LogP contribution in [0.2, 0.25) is 5.02 Å². The van der Waals surface area contributed by atoms with Gasteiger partial charge in [-0.25, -0.2) is 14.4 Å². The summed E-state index contributed by atoms with van der Waals surface area (Å²) in [5.74, 6) is 0.373. The van der Waals surface area contributed by atoms with E-state index in [2.05, 4.69) is 39.8 Å². The van der Waals surface area contributed by atoms with Crippen molar-refractivity contribution >= 4 is 29.1 Å². The quantitative estimate of drug-likeness (QED) is 0.570. The Morgan fingerprint density at radius 1 is 1.36 bits per heavy atom. The van der Waals surface area contributed by atoms with E-state index >= 15 is 0 Å². The van der Waals surface area contributed by atoms with Crippen LogP contribution >= 0.6 is 11.6 Å². The molecule has 2 aromatic rings. The highest BCUT2D eigenvalue weighted by Gasteiger charge is 2.29. The first kappa shape index (κ1) is 23.9. The van der Waals surface area contributed by atoms with Gasteiger partial charge in [0.25, 0.3) is 0 Å². The number of halogens is 2. The number of aromatic nitrogens is 2. The summed E-state index contributed by atoms with van der Waals surface area (Å²) in [6.07, 6.45) is 5.12. The molecule has 0 aliphatic carbocycles. The van der Waals surface area contributed by atoms with E-state index in [0.29, 0.717) is 47.7 Å². The molecule has 178 valence electrons. The predicted octanol–water partition coefficient (Wildman–Crippen LogP) is 4.49. The van der Waals surface area contributed by atoms with Crippen LogP contribution in [0.5, 0.6) is 0 Å². The zero-order valence-corrected chi connectivity index (χ0v) is 19.8. The minimum absolute atomic E-state index is 0.0724. The minimum Gasteiger partial charge on any atom is -0.376 e. The van der Waals surface area contributed by atoms with E-state index in [9.17, 15) is 9.18 Å². The molecule has 2 aliphatic rings. The van der Waals surface area contributed by atoms with Crippen molar-refractivity contribution in [1.82, 2.24) is 15.3 Å². The highest BCUT2D eigenvalue weighted by molar-refractivity contribution is 6.33. The van der Waals surface area contributed by atoms with Crippen LogP contribution in [-0.2, 0) is 9.53 Å². The molecule has 4 heterocycles. The van der Waals surface area contributed by atoms with Crippen LogP contribution in [0, 0.1) is 17.7 Å². The van der Waals surface area contributed by atoms with Crippen LogP contribution in [0.1, 0.15) is 39.5 Å². The summed E-state index contributed by atoms with van der Waals surface area (Å²) in [6, 6.07) is 4.64. The number of nitrogens with one attached hydrogen (secondary N) is 3. The van der Waals surface area contributed by atoms with Crippen molar-refractivity contribution in [3.63, 3.8) is 0 Å². The molecule has 0 spiro atoms. The maximum atomic E-state index is 14.5. The molecule has 2 atom stereocenters. The van der Waals surface area contributed by atoms with Crippen LogP contribution in [0.4, 0.5) is 16.0 Å². The molecule has 4 rings (SSSR count). The first-order valence-corrected chi connectivity index (χ1v) is 11.9. The molecule has 0 unspecified atom stereocenters. The van der Waals surface area contributed by atoms with Crippen molar-refractivity contribution in [2.45, 2.75) is 45.1 Å². The van der Waals surface area contributed by atoms with E-state index < -0.39 is 5.82 Å². The molecule has 2 saturated heterocycles. The lowest BCUT2D eigenvalue weighted by atomic mass is 9.88. The van der Waals surface area contributed by atoms with Gasteiger partial charge in [-0.2, -0.15) is 0 Å². The fourth-order valence-corrected chi connectivity index (χ4v) is 4.70. The van der Waals surface area contributed by atoms with Crippen molar-refractivity contribution in [2.24, 2.45) is 11.8 Å². The molecule has 0 bridgehead atoms. The van der Waals surface area contributed by atoms with Crippen LogP contribution < -0.4 is 16.0 Å². The minimum atomic E-state index is -0.423. The van der Waals surface area contributed by atoms with E-state index in [-0.39, 0.29) is 23.2 Å². The Labute approximate surface area is 198 Å². The van der Waals surface area contributed by atoms with Gasteiger partial charge in [-0.05, 0) is 70.2 Å². The Balaban J connectivity index is 1.48. The maximum absolute atomic E-state index is 14.5. The van der Waals surface area contributed by atoms with Gasteiger partial charge < -0.3 is 20.7 Å². The molecular weight excluding hydrogens is 445 g/mol. The first-order chi connectivity index (χ1) is 15.8. The second-order valence-corrected chi connectivity index (χ2v) is 9.86. The normalized spacial score (nSPS) is 22.5. The van der Waals surface area contributed by atoms with Gasteiger partial charge in [0, 0.05) is 31.5 Å². The van der Waals surface area contributed by atoms with Crippen molar-refractivity contribution < 1.29 is 13.9 Å². The molecule has 1 amide bonds. The molecule has 2 aliphatic heterocycles. The summed E-state index contributed by atoms with van der Waals surface area (Å²) in [4.78, 5) is 21.3. The number of carbonyl (C=O) groups is 1. The fraction of sp³-hybridized carbons (Fsp3) is 0.542.